The van der Waals surface area contributed by atoms with Gasteiger partial charge in [-0.25, -0.2) is 0 Å². The van der Waals surface area contributed by atoms with Crippen molar-refractivity contribution < 1.29 is 9.53 Å². The number of rotatable bonds is 5. The van der Waals surface area contributed by atoms with E-state index in [2.05, 4.69) is 4.90 Å². The van der Waals surface area contributed by atoms with Gasteiger partial charge in [-0.3, -0.25) is 9.69 Å². The van der Waals surface area contributed by atoms with Crippen molar-refractivity contribution in [2.45, 2.75) is 19.4 Å². The number of methoxy groups -OCH3 is 1. The summed E-state index contributed by atoms with van der Waals surface area (Å²) in [6, 6.07) is 7.97. The van der Waals surface area contributed by atoms with E-state index in [1.165, 1.54) is 5.56 Å². The van der Waals surface area contributed by atoms with Crippen LogP contribution in [0.1, 0.15) is 18.4 Å². The topological polar surface area (TPSA) is 32.8 Å². The zero-order valence-corrected chi connectivity index (χ0v) is 11.8. The largest absolute Gasteiger partial charge is 0.497 e. The highest BCUT2D eigenvalue weighted by molar-refractivity contribution is 5.78. The Hall–Kier alpha value is -1.55. The number of nitrogens with zero attached hydrogens (tertiary/aromatic N) is 2. The van der Waals surface area contributed by atoms with Gasteiger partial charge in [-0.2, -0.15) is 0 Å². The minimum Gasteiger partial charge on any atom is -0.497 e. The van der Waals surface area contributed by atoms with E-state index in [0.717, 1.165) is 38.2 Å². The molecule has 0 aliphatic carbocycles. The molecule has 19 heavy (non-hydrogen) atoms. The predicted molar refractivity (Wildman–Crippen MR) is 75.1 cm³/mol. The minimum absolute atomic E-state index is 0.244. The second-order valence-electron chi connectivity index (χ2n) is 5.11. The normalized spacial score (nSPS) is 15.0. The van der Waals surface area contributed by atoms with Crippen LogP contribution in [0.25, 0.3) is 0 Å². The zero-order chi connectivity index (χ0) is 13.7. The van der Waals surface area contributed by atoms with Gasteiger partial charge in [-0.15, -0.1) is 0 Å². The Morgan fingerprint density at radius 3 is 2.47 bits per heavy atom. The van der Waals surface area contributed by atoms with Gasteiger partial charge in [0.25, 0.3) is 0 Å². The maximum Gasteiger partial charge on any atom is 0.236 e. The summed E-state index contributed by atoms with van der Waals surface area (Å²) in [5.41, 5.74) is 1.19. The SMILES string of the molecule is COc1ccc(CN(C)CC(=O)N2CCCC2)cc1. The number of ether oxygens (including phenoxy) is 1. The number of likely N-dealkylation sites (tertiary alicyclic amines) is 1. The molecule has 1 amide bonds. The second kappa shape index (κ2) is 6.57. The lowest BCUT2D eigenvalue weighted by molar-refractivity contribution is -0.131. The fourth-order valence-corrected chi connectivity index (χ4v) is 2.40. The fraction of sp³-hybridized carbons (Fsp3) is 0.533. The van der Waals surface area contributed by atoms with Crippen molar-refractivity contribution >= 4 is 5.91 Å². The lowest BCUT2D eigenvalue weighted by atomic mass is 10.2. The molecule has 0 spiro atoms. The van der Waals surface area contributed by atoms with Gasteiger partial charge in [0.1, 0.15) is 5.75 Å². The Bertz CT molecular complexity index is 411. The first-order valence-electron chi connectivity index (χ1n) is 6.78. The number of carbonyl (C=O) groups excluding carboxylic acids is 1. The van der Waals surface area contributed by atoms with E-state index in [-0.39, 0.29) is 5.91 Å². The van der Waals surface area contributed by atoms with Gasteiger partial charge in [0, 0.05) is 19.6 Å². The first kappa shape index (κ1) is 13.9. The fourth-order valence-electron chi connectivity index (χ4n) is 2.40. The maximum atomic E-state index is 12.0. The minimum atomic E-state index is 0.244. The number of hydrogen-bond donors (Lipinski definition) is 0. The summed E-state index contributed by atoms with van der Waals surface area (Å²) in [5.74, 6) is 1.10. The smallest absolute Gasteiger partial charge is 0.236 e. The van der Waals surface area contributed by atoms with Crippen LogP contribution in [0.3, 0.4) is 0 Å². The molecule has 1 saturated heterocycles. The zero-order valence-electron chi connectivity index (χ0n) is 11.8. The highest BCUT2D eigenvalue weighted by atomic mass is 16.5. The number of amides is 1. The van der Waals surface area contributed by atoms with Crippen molar-refractivity contribution in [3.8, 4) is 5.75 Å². The van der Waals surface area contributed by atoms with Crippen molar-refractivity contribution in [2.24, 2.45) is 0 Å². The standard InChI is InChI=1S/C15H22N2O2/c1-16(12-15(18)17-9-3-4-10-17)11-13-5-7-14(19-2)8-6-13/h5-8H,3-4,9-12H2,1-2H3. The van der Waals surface area contributed by atoms with Crippen molar-refractivity contribution in [3.05, 3.63) is 29.8 Å². The van der Waals surface area contributed by atoms with Crippen LogP contribution in [-0.4, -0.2) is 49.5 Å². The third kappa shape index (κ3) is 3.96. The van der Waals surface area contributed by atoms with Crippen LogP contribution in [0, 0.1) is 0 Å². The first-order chi connectivity index (χ1) is 9.19. The molecule has 1 aliphatic heterocycles. The summed E-state index contributed by atoms with van der Waals surface area (Å²) in [7, 11) is 3.65. The van der Waals surface area contributed by atoms with E-state index in [0.29, 0.717) is 6.54 Å². The number of carbonyl (C=O) groups is 1. The number of likely N-dealkylation sites (N-methyl/N-ethyl adjacent to an activating group) is 1. The van der Waals surface area contributed by atoms with Gasteiger partial charge in [0.2, 0.25) is 5.91 Å². The van der Waals surface area contributed by atoms with Crippen molar-refractivity contribution in [1.82, 2.24) is 9.80 Å². The Kier molecular flexibility index (Phi) is 4.80. The van der Waals surface area contributed by atoms with E-state index >= 15 is 0 Å². The molecule has 1 aromatic carbocycles. The molecule has 1 fully saturated rings. The first-order valence-corrected chi connectivity index (χ1v) is 6.78. The summed E-state index contributed by atoms with van der Waals surface area (Å²) in [6.45, 7) is 3.13. The summed E-state index contributed by atoms with van der Waals surface area (Å²) in [6.07, 6.45) is 2.29. The Labute approximate surface area is 115 Å². The van der Waals surface area contributed by atoms with Gasteiger partial charge >= 0.3 is 0 Å². The average Bonchev–Trinajstić information content (AvgIpc) is 2.93. The third-order valence-corrected chi connectivity index (χ3v) is 3.48. The molecule has 4 heteroatoms. The van der Waals surface area contributed by atoms with E-state index in [4.69, 9.17) is 4.74 Å². The maximum absolute atomic E-state index is 12.0. The molecule has 1 aromatic rings. The highest BCUT2D eigenvalue weighted by Crippen LogP contribution is 2.13. The molecule has 4 nitrogen and oxygen atoms in total. The van der Waals surface area contributed by atoms with E-state index in [1.807, 2.05) is 36.2 Å². The molecule has 0 N–H and O–H groups in total. The average molecular weight is 262 g/mol. The summed E-state index contributed by atoms with van der Waals surface area (Å²) in [4.78, 5) is 16.0. The van der Waals surface area contributed by atoms with Crippen LogP contribution < -0.4 is 4.74 Å². The molecule has 1 aliphatic rings. The molecule has 0 atom stereocenters. The molecule has 2 rings (SSSR count). The molecule has 0 unspecified atom stereocenters. The van der Waals surface area contributed by atoms with E-state index < -0.39 is 0 Å². The van der Waals surface area contributed by atoms with Crippen LogP contribution >= 0.6 is 0 Å². The highest BCUT2D eigenvalue weighted by Gasteiger charge is 2.18. The Morgan fingerprint density at radius 1 is 1.26 bits per heavy atom. The summed E-state index contributed by atoms with van der Waals surface area (Å²) in [5, 5.41) is 0. The molecule has 104 valence electrons. The van der Waals surface area contributed by atoms with Gasteiger partial charge in [-0.05, 0) is 37.6 Å². The van der Waals surface area contributed by atoms with E-state index in [1.54, 1.807) is 7.11 Å². The van der Waals surface area contributed by atoms with Crippen LogP contribution in [-0.2, 0) is 11.3 Å². The molecular formula is C15H22N2O2. The van der Waals surface area contributed by atoms with Crippen molar-refractivity contribution in [2.75, 3.05) is 33.8 Å². The quantitative estimate of drug-likeness (QED) is 0.810. The number of benzene rings is 1. The molecule has 0 saturated carbocycles. The molecular weight excluding hydrogens is 240 g/mol. The lowest BCUT2D eigenvalue weighted by Crippen LogP contribution is -2.36. The van der Waals surface area contributed by atoms with Crippen molar-refractivity contribution in [1.29, 1.82) is 0 Å². The molecule has 0 aromatic heterocycles. The number of hydrogen-bond acceptors (Lipinski definition) is 3. The second-order valence-corrected chi connectivity index (χ2v) is 5.11. The Morgan fingerprint density at radius 2 is 1.89 bits per heavy atom. The molecule has 0 bridgehead atoms. The Balaban J connectivity index is 1.82. The van der Waals surface area contributed by atoms with Crippen LogP contribution in [0.4, 0.5) is 0 Å². The van der Waals surface area contributed by atoms with E-state index in [9.17, 15) is 4.79 Å². The molecule has 0 radical (unpaired) electrons. The lowest BCUT2D eigenvalue weighted by Gasteiger charge is -2.21. The van der Waals surface area contributed by atoms with Crippen molar-refractivity contribution in [3.63, 3.8) is 0 Å². The van der Waals surface area contributed by atoms with Crippen LogP contribution in [0.15, 0.2) is 24.3 Å². The van der Waals surface area contributed by atoms with Crippen LogP contribution in [0.2, 0.25) is 0 Å². The summed E-state index contributed by atoms with van der Waals surface area (Å²) < 4.78 is 5.13. The van der Waals surface area contributed by atoms with Gasteiger partial charge in [-0.1, -0.05) is 12.1 Å². The van der Waals surface area contributed by atoms with Gasteiger partial charge < -0.3 is 9.64 Å². The monoisotopic (exact) mass is 262 g/mol. The molecule has 1 heterocycles. The van der Waals surface area contributed by atoms with Gasteiger partial charge in [0.15, 0.2) is 0 Å². The third-order valence-electron chi connectivity index (χ3n) is 3.48. The summed E-state index contributed by atoms with van der Waals surface area (Å²) >= 11 is 0. The predicted octanol–water partition coefficient (Wildman–Crippen LogP) is 1.75. The van der Waals surface area contributed by atoms with Crippen LogP contribution in [0.5, 0.6) is 5.75 Å². The van der Waals surface area contributed by atoms with Gasteiger partial charge in [0.05, 0.1) is 13.7 Å².